The van der Waals surface area contributed by atoms with E-state index in [9.17, 15) is 0 Å². The van der Waals surface area contributed by atoms with Crippen LogP contribution in [0.2, 0.25) is 0 Å². The number of anilines is 1. The largest absolute Gasteiger partial charge is 0.384 e. The molecule has 1 aliphatic heterocycles. The van der Waals surface area contributed by atoms with Crippen molar-refractivity contribution >= 4 is 17.4 Å². The Hall–Kier alpha value is -1.41. The van der Waals surface area contributed by atoms with E-state index in [-0.39, 0.29) is 0 Å². The van der Waals surface area contributed by atoms with Gasteiger partial charge in [-0.15, -0.1) is 0 Å². The summed E-state index contributed by atoms with van der Waals surface area (Å²) in [7, 11) is 0. The maximum atomic E-state index is 3.49. The molecule has 80 valence electrons. The molecular formula is C14H13NS. The van der Waals surface area contributed by atoms with Crippen LogP contribution >= 0.6 is 11.8 Å². The fourth-order valence-corrected chi connectivity index (χ4v) is 3.04. The van der Waals surface area contributed by atoms with Crippen molar-refractivity contribution in [1.29, 1.82) is 0 Å². The van der Waals surface area contributed by atoms with E-state index in [0.29, 0.717) is 0 Å². The molecule has 0 saturated carbocycles. The molecule has 0 unspecified atom stereocenters. The molecular weight excluding hydrogens is 214 g/mol. The van der Waals surface area contributed by atoms with Gasteiger partial charge in [0.05, 0.1) is 0 Å². The number of rotatable bonds is 0. The summed E-state index contributed by atoms with van der Waals surface area (Å²) in [4.78, 5) is 2.70. The van der Waals surface area contributed by atoms with Gasteiger partial charge < -0.3 is 5.32 Å². The molecule has 2 aromatic rings. The van der Waals surface area contributed by atoms with Crippen LogP contribution in [0.4, 0.5) is 5.69 Å². The Kier molecular flexibility index (Phi) is 2.58. The standard InChI is InChI=1S/C14H13NS/c1-3-7-13-11(5-1)9-10-15-12-6-2-4-8-14(12)16-13/h1-8,15H,9-10H2. The Morgan fingerprint density at radius 3 is 2.56 bits per heavy atom. The maximum Gasteiger partial charge on any atom is 0.0482 e. The highest BCUT2D eigenvalue weighted by molar-refractivity contribution is 7.99. The Morgan fingerprint density at radius 2 is 1.62 bits per heavy atom. The van der Waals surface area contributed by atoms with Gasteiger partial charge in [0.1, 0.15) is 0 Å². The summed E-state index contributed by atoms with van der Waals surface area (Å²) in [6, 6.07) is 17.2. The van der Waals surface area contributed by atoms with Crippen LogP contribution < -0.4 is 5.32 Å². The van der Waals surface area contributed by atoms with Crippen LogP contribution in [-0.4, -0.2) is 6.54 Å². The number of fused-ring (bicyclic) bond motifs is 2. The van der Waals surface area contributed by atoms with Crippen molar-refractivity contribution in [2.24, 2.45) is 0 Å². The van der Waals surface area contributed by atoms with Crippen molar-refractivity contribution in [1.82, 2.24) is 0 Å². The molecule has 0 radical (unpaired) electrons. The topological polar surface area (TPSA) is 12.0 Å². The van der Waals surface area contributed by atoms with E-state index in [1.54, 1.807) is 0 Å². The minimum atomic E-state index is 1.01. The first kappa shape index (κ1) is 9.79. The van der Waals surface area contributed by atoms with Gasteiger partial charge in [0.2, 0.25) is 0 Å². The minimum Gasteiger partial charge on any atom is -0.384 e. The Balaban J connectivity index is 2.06. The van der Waals surface area contributed by atoms with E-state index in [1.807, 2.05) is 11.8 Å². The molecule has 0 fully saturated rings. The molecule has 0 bridgehead atoms. The first-order chi connectivity index (χ1) is 7.93. The number of benzene rings is 2. The summed E-state index contributed by atoms with van der Waals surface area (Å²) < 4.78 is 0. The summed E-state index contributed by atoms with van der Waals surface area (Å²) in [6.07, 6.45) is 1.09. The third kappa shape index (κ3) is 1.81. The van der Waals surface area contributed by atoms with E-state index in [2.05, 4.69) is 53.8 Å². The highest BCUT2D eigenvalue weighted by atomic mass is 32.2. The Labute approximate surface area is 99.9 Å². The van der Waals surface area contributed by atoms with Gasteiger partial charge in [-0.2, -0.15) is 0 Å². The van der Waals surface area contributed by atoms with Crippen molar-refractivity contribution in [2.75, 3.05) is 11.9 Å². The summed E-state index contributed by atoms with van der Waals surface area (Å²) in [5.41, 5.74) is 2.69. The molecule has 1 heterocycles. The first-order valence-corrected chi connectivity index (χ1v) is 6.34. The van der Waals surface area contributed by atoms with E-state index in [1.165, 1.54) is 21.0 Å². The molecule has 0 aromatic heterocycles. The lowest BCUT2D eigenvalue weighted by atomic mass is 10.1. The molecule has 0 aliphatic carbocycles. The Morgan fingerprint density at radius 1 is 0.875 bits per heavy atom. The van der Waals surface area contributed by atoms with Gasteiger partial charge >= 0.3 is 0 Å². The van der Waals surface area contributed by atoms with E-state index in [0.717, 1.165) is 13.0 Å². The highest BCUT2D eigenvalue weighted by Gasteiger charge is 2.10. The molecule has 3 rings (SSSR count). The second kappa shape index (κ2) is 4.22. The second-order valence-corrected chi connectivity index (χ2v) is 4.97. The summed E-state index contributed by atoms with van der Waals surface area (Å²) in [5, 5.41) is 3.49. The molecule has 0 atom stereocenters. The predicted octanol–water partition coefficient (Wildman–Crippen LogP) is 3.81. The van der Waals surface area contributed by atoms with Crippen LogP contribution in [0, 0.1) is 0 Å². The minimum absolute atomic E-state index is 1.01. The van der Waals surface area contributed by atoms with Crippen molar-refractivity contribution in [3.05, 3.63) is 54.1 Å². The van der Waals surface area contributed by atoms with Crippen LogP contribution in [0.15, 0.2) is 58.3 Å². The lowest BCUT2D eigenvalue weighted by Gasteiger charge is -2.17. The fraction of sp³-hybridized carbons (Fsp3) is 0.143. The molecule has 1 nitrogen and oxygen atoms in total. The molecule has 0 spiro atoms. The lowest BCUT2D eigenvalue weighted by Crippen LogP contribution is -2.08. The zero-order valence-corrected chi connectivity index (χ0v) is 9.76. The predicted molar refractivity (Wildman–Crippen MR) is 69.2 cm³/mol. The molecule has 1 aliphatic rings. The average molecular weight is 227 g/mol. The van der Waals surface area contributed by atoms with Crippen molar-refractivity contribution in [3.8, 4) is 0 Å². The summed E-state index contributed by atoms with van der Waals surface area (Å²) in [6.45, 7) is 1.01. The van der Waals surface area contributed by atoms with Crippen molar-refractivity contribution in [3.63, 3.8) is 0 Å². The smallest absolute Gasteiger partial charge is 0.0482 e. The highest BCUT2D eigenvalue weighted by Crippen LogP contribution is 2.36. The van der Waals surface area contributed by atoms with Gasteiger partial charge in [0, 0.05) is 22.0 Å². The third-order valence-corrected chi connectivity index (χ3v) is 3.98. The number of hydrogen-bond donors (Lipinski definition) is 1. The van der Waals surface area contributed by atoms with Gasteiger partial charge in [-0.25, -0.2) is 0 Å². The molecule has 1 N–H and O–H groups in total. The van der Waals surface area contributed by atoms with E-state index in [4.69, 9.17) is 0 Å². The average Bonchev–Trinajstić information content (AvgIpc) is 2.29. The van der Waals surface area contributed by atoms with Gasteiger partial charge in [0.25, 0.3) is 0 Å². The molecule has 2 aromatic carbocycles. The van der Waals surface area contributed by atoms with Crippen molar-refractivity contribution in [2.45, 2.75) is 16.2 Å². The van der Waals surface area contributed by atoms with E-state index >= 15 is 0 Å². The fourth-order valence-electron chi connectivity index (χ4n) is 1.96. The maximum absolute atomic E-state index is 3.49. The number of hydrogen-bond acceptors (Lipinski definition) is 2. The van der Waals surface area contributed by atoms with Crippen molar-refractivity contribution < 1.29 is 0 Å². The monoisotopic (exact) mass is 227 g/mol. The SMILES string of the molecule is c1ccc2c(c1)CCNc1ccccc1S2. The van der Waals surface area contributed by atoms with E-state index < -0.39 is 0 Å². The van der Waals surface area contributed by atoms with Crippen LogP contribution in [0.25, 0.3) is 0 Å². The molecule has 16 heavy (non-hydrogen) atoms. The number of nitrogens with one attached hydrogen (secondary N) is 1. The van der Waals surface area contributed by atoms with Crippen LogP contribution in [0.5, 0.6) is 0 Å². The molecule has 0 saturated heterocycles. The number of para-hydroxylation sites is 1. The zero-order valence-electron chi connectivity index (χ0n) is 8.94. The van der Waals surface area contributed by atoms with Crippen LogP contribution in [-0.2, 0) is 6.42 Å². The third-order valence-electron chi connectivity index (χ3n) is 2.79. The van der Waals surface area contributed by atoms with Crippen LogP contribution in [0.3, 0.4) is 0 Å². The lowest BCUT2D eigenvalue weighted by molar-refractivity contribution is 0.976. The zero-order chi connectivity index (χ0) is 10.8. The molecule has 2 heteroatoms. The Bertz CT molecular complexity index is 462. The van der Waals surface area contributed by atoms with Gasteiger partial charge in [0.15, 0.2) is 0 Å². The van der Waals surface area contributed by atoms with Crippen LogP contribution in [0.1, 0.15) is 5.56 Å². The molecule has 0 amide bonds. The normalized spacial score (nSPS) is 14.0. The summed E-state index contributed by atoms with van der Waals surface area (Å²) >= 11 is 1.85. The van der Waals surface area contributed by atoms with Gasteiger partial charge in [-0.3, -0.25) is 0 Å². The summed E-state index contributed by atoms with van der Waals surface area (Å²) in [5.74, 6) is 0. The van der Waals surface area contributed by atoms with Gasteiger partial charge in [-0.1, -0.05) is 42.1 Å². The quantitative estimate of drug-likeness (QED) is 0.734. The first-order valence-electron chi connectivity index (χ1n) is 5.52. The second-order valence-electron chi connectivity index (χ2n) is 3.88. The van der Waals surface area contributed by atoms with Gasteiger partial charge in [-0.05, 0) is 30.2 Å².